The Morgan fingerprint density at radius 3 is 2.52 bits per heavy atom. The van der Waals surface area contributed by atoms with Crippen LogP contribution in [-0.2, 0) is 4.74 Å². The van der Waals surface area contributed by atoms with E-state index >= 15 is 0 Å². The maximum Gasteiger partial charge on any atom is 0.341 e. The number of esters is 1. The van der Waals surface area contributed by atoms with Gasteiger partial charge in [0.05, 0.1) is 17.8 Å². The Kier molecular flexibility index (Phi) is 6.34. The molecule has 0 unspecified atom stereocenters. The second kappa shape index (κ2) is 8.92. The number of nitrogens with one attached hydrogen (secondary N) is 1. The molecule has 1 amide bonds. The van der Waals surface area contributed by atoms with Gasteiger partial charge in [-0.3, -0.25) is 14.2 Å². The number of fused-ring (bicyclic) bond motifs is 1. The number of hydrogen-bond acceptors (Lipinski definition) is 5. The predicted molar refractivity (Wildman–Crippen MR) is 115 cm³/mol. The van der Waals surface area contributed by atoms with Crippen LogP contribution in [0, 0.1) is 6.92 Å². The monoisotopic (exact) mass is 411 g/mol. The number of hydrogen-bond donors (Lipinski definition) is 1. The van der Waals surface area contributed by atoms with Crippen molar-refractivity contribution in [1.29, 1.82) is 0 Å². The van der Waals surface area contributed by atoms with E-state index in [0.717, 1.165) is 15.7 Å². The molecule has 1 heterocycles. The molecule has 0 aliphatic heterocycles. The van der Waals surface area contributed by atoms with E-state index in [9.17, 15) is 9.59 Å². The van der Waals surface area contributed by atoms with Crippen LogP contribution in [-0.4, -0.2) is 34.4 Å². The van der Waals surface area contributed by atoms with Crippen molar-refractivity contribution in [1.82, 2.24) is 9.40 Å². The fourth-order valence-electron chi connectivity index (χ4n) is 2.89. The molecule has 2 aromatic carbocycles. The van der Waals surface area contributed by atoms with Crippen molar-refractivity contribution in [2.75, 3.05) is 18.5 Å². The maximum absolute atomic E-state index is 12.5. The average Bonchev–Trinajstić information content (AvgIpc) is 2.74. The number of anilines is 2. The van der Waals surface area contributed by atoms with E-state index in [1.54, 1.807) is 32.0 Å². The molecule has 0 fully saturated rings. The SMILES string of the molecule is CCOC(=O)c1cnc2ccc(C(=O)N(Cl)CC)cc2c1Nc1ccc(C)cc1. The summed E-state index contributed by atoms with van der Waals surface area (Å²) in [4.78, 5) is 29.4. The lowest BCUT2D eigenvalue weighted by Crippen LogP contribution is -2.20. The number of benzene rings is 2. The summed E-state index contributed by atoms with van der Waals surface area (Å²) < 4.78 is 6.30. The van der Waals surface area contributed by atoms with Gasteiger partial charge in [-0.2, -0.15) is 0 Å². The first-order chi connectivity index (χ1) is 13.9. The Bertz CT molecular complexity index is 1050. The molecule has 3 aromatic rings. The van der Waals surface area contributed by atoms with Crippen LogP contribution >= 0.6 is 11.8 Å². The van der Waals surface area contributed by atoms with Gasteiger partial charge in [0.1, 0.15) is 5.56 Å². The summed E-state index contributed by atoms with van der Waals surface area (Å²) in [5, 5.41) is 3.92. The third-order valence-electron chi connectivity index (χ3n) is 4.43. The Hall–Kier alpha value is -3.12. The quantitative estimate of drug-likeness (QED) is 0.452. The lowest BCUT2D eigenvalue weighted by atomic mass is 10.0. The highest BCUT2D eigenvalue weighted by molar-refractivity contribution is 6.24. The summed E-state index contributed by atoms with van der Waals surface area (Å²) in [5.74, 6) is -0.806. The van der Waals surface area contributed by atoms with Crippen LogP contribution in [0.4, 0.5) is 11.4 Å². The van der Waals surface area contributed by atoms with E-state index in [1.807, 2.05) is 31.2 Å². The highest BCUT2D eigenvalue weighted by Gasteiger charge is 2.19. The molecular weight excluding hydrogens is 390 g/mol. The Balaban J connectivity index is 2.17. The molecule has 3 rings (SSSR count). The zero-order valence-corrected chi connectivity index (χ0v) is 17.3. The van der Waals surface area contributed by atoms with Crippen molar-refractivity contribution >= 4 is 45.9 Å². The number of halogens is 1. The number of rotatable bonds is 6. The molecular formula is C22H22ClN3O3. The fraction of sp³-hybridized carbons (Fsp3) is 0.227. The highest BCUT2D eigenvalue weighted by atomic mass is 35.5. The van der Waals surface area contributed by atoms with Gasteiger partial charge >= 0.3 is 5.97 Å². The number of ether oxygens (including phenoxy) is 1. The molecule has 29 heavy (non-hydrogen) atoms. The van der Waals surface area contributed by atoms with Gasteiger partial charge in [-0.05, 0) is 51.1 Å². The zero-order valence-electron chi connectivity index (χ0n) is 16.5. The van der Waals surface area contributed by atoms with Gasteiger partial charge in [-0.15, -0.1) is 0 Å². The molecule has 0 aliphatic carbocycles. The summed E-state index contributed by atoms with van der Waals surface area (Å²) in [6.07, 6.45) is 1.48. The predicted octanol–water partition coefficient (Wildman–Crippen LogP) is 5.08. The number of carbonyl (C=O) groups is 2. The molecule has 150 valence electrons. The number of carbonyl (C=O) groups excluding carboxylic acids is 2. The number of aryl methyl sites for hydroxylation is 1. The van der Waals surface area contributed by atoms with E-state index in [4.69, 9.17) is 16.5 Å². The minimum Gasteiger partial charge on any atom is -0.462 e. The first kappa shape index (κ1) is 20.6. The van der Waals surface area contributed by atoms with Crippen LogP contribution in [0.1, 0.15) is 40.1 Å². The molecule has 0 bridgehead atoms. The number of pyridine rings is 1. The van der Waals surface area contributed by atoms with Crippen molar-refractivity contribution in [3.05, 3.63) is 65.4 Å². The van der Waals surface area contributed by atoms with Crippen molar-refractivity contribution in [3.8, 4) is 0 Å². The molecule has 0 spiro atoms. The number of nitrogens with zero attached hydrogens (tertiary/aromatic N) is 2. The van der Waals surface area contributed by atoms with E-state index in [-0.39, 0.29) is 12.5 Å². The van der Waals surface area contributed by atoms with E-state index in [2.05, 4.69) is 10.3 Å². The van der Waals surface area contributed by atoms with Gasteiger partial charge in [0, 0.05) is 41.2 Å². The van der Waals surface area contributed by atoms with Gasteiger partial charge in [-0.25, -0.2) is 4.79 Å². The highest BCUT2D eigenvalue weighted by Crippen LogP contribution is 2.31. The maximum atomic E-state index is 12.5. The third-order valence-corrected chi connectivity index (χ3v) is 4.82. The molecule has 0 saturated heterocycles. The molecule has 0 atom stereocenters. The van der Waals surface area contributed by atoms with Crippen LogP contribution < -0.4 is 5.32 Å². The Labute approximate surface area is 174 Å². The summed E-state index contributed by atoms with van der Waals surface area (Å²) in [7, 11) is 0. The minimum atomic E-state index is -0.485. The molecule has 1 N–H and O–H groups in total. The van der Waals surface area contributed by atoms with Gasteiger partial charge in [0.2, 0.25) is 0 Å². The fourth-order valence-corrected chi connectivity index (χ4v) is 2.99. The average molecular weight is 412 g/mol. The topological polar surface area (TPSA) is 71.5 Å². The van der Waals surface area contributed by atoms with Gasteiger partial charge in [0.15, 0.2) is 0 Å². The Morgan fingerprint density at radius 2 is 1.86 bits per heavy atom. The van der Waals surface area contributed by atoms with Crippen molar-refractivity contribution in [3.63, 3.8) is 0 Å². The van der Waals surface area contributed by atoms with Crippen molar-refractivity contribution in [2.45, 2.75) is 20.8 Å². The molecule has 0 saturated carbocycles. The molecule has 0 aliphatic rings. The van der Waals surface area contributed by atoms with Gasteiger partial charge in [0.25, 0.3) is 5.91 Å². The normalized spacial score (nSPS) is 10.6. The lowest BCUT2D eigenvalue weighted by Gasteiger charge is -2.16. The summed E-state index contributed by atoms with van der Waals surface area (Å²) in [5.41, 5.74) is 3.80. The van der Waals surface area contributed by atoms with Gasteiger partial charge in [-0.1, -0.05) is 17.7 Å². The third kappa shape index (κ3) is 4.49. The smallest absolute Gasteiger partial charge is 0.341 e. The minimum absolute atomic E-state index is 0.247. The van der Waals surface area contributed by atoms with Gasteiger partial charge < -0.3 is 10.1 Å². The summed E-state index contributed by atoms with van der Waals surface area (Å²) in [6, 6.07) is 12.9. The lowest BCUT2D eigenvalue weighted by molar-refractivity contribution is 0.0527. The van der Waals surface area contributed by atoms with Crippen LogP contribution in [0.3, 0.4) is 0 Å². The van der Waals surface area contributed by atoms with Crippen LogP contribution in [0.25, 0.3) is 10.9 Å². The summed E-state index contributed by atoms with van der Waals surface area (Å²) >= 11 is 5.99. The largest absolute Gasteiger partial charge is 0.462 e. The number of aromatic nitrogens is 1. The van der Waals surface area contributed by atoms with Crippen LogP contribution in [0.2, 0.25) is 0 Å². The molecule has 0 radical (unpaired) electrons. The standard InChI is InChI=1S/C22H22ClN3O3/c1-4-26(23)21(27)15-8-11-19-17(12-15)20(18(13-24-19)22(28)29-5-2)25-16-9-6-14(3)7-10-16/h6-13H,4-5H2,1-3H3,(H,24,25). The van der Waals surface area contributed by atoms with E-state index in [1.165, 1.54) is 6.20 Å². The first-order valence-corrected chi connectivity index (χ1v) is 9.69. The molecule has 7 heteroatoms. The molecule has 6 nitrogen and oxygen atoms in total. The van der Waals surface area contributed by atoms with Crippen LogP contribution in [0.15, 0.2) is 48.7 Å². The van der Waals surface area contributed by atoms with Crippen molar-refractivity contribution < 1.29 is 14.3 Å². The second-order valence-corrected chi connectivity index (χ2v) is 6.88. The first-order valence-electron chi connectivity index (χ1n) is 9.35. The zero-order chi connectivity index (χ0) is 21.0. The molecule has 1 aromatic heterocycles. The summed E-state index contributed by atoms with van der Waals surface area (Å²) in [6.45, 7) is 6.15. The number of amides is 1. The van der Waals surface area contributed by atoms with E-state index < -0.39 is 5.97 Å². The van der Waals surface area contributed by atoms with E-state index in [0.29, 0.717) is 34.3 Å². The second-order valence-electron chi connectivity index (χ2n) is 6.47. The van der Waals surface area contributed by atoms with Crippen LogP contribution in [0.5, 0.6) is 0 Å². The van der Waals surface area contributed by atoms with Crippen molar-refractivity contribution in [2.24, 2.45) is 0 Å². The Morgan fingerprint density at radius 1 is 1.14 bits per heavy atom.